The van der Waals surface area contributed by atoms with Crippen LogP contribution in [-0.2, 0) is 45.0 Å². The number of hydrogen-bond donors (Lipinski definition) is 2. The highest BCUT2D eigenvalue weighted by molar-refractivity contribution is 8.15. The van der Waals surface area contributed by atoms with E-state index in [0.717, 1.165) is 116 Å². The van der Waals surface area contributed by atoms with Gasteiger partial charge in [-0.3, -0.25) is 9.59 Å². The lowest BCUT2D eigenvalue weighted by Gasteiger charge is -2.39. The number of aliphatic imine (C=N–C) groups is 2. The van der Waals surface area contributed by atoms with Gasteiger partial charge in [-0.25, -0.2) is 9.98 Å². The van der Waals surface area contributed by atoms with Gasteiger partial charge in [-0.15, -0.1) is 0 Å². The molecule has 0 saturated heterocycles. The summed E-state index contributed by atoms with van der Waals surface area (Å²) in [6, 6.07) is 85.3. The molecule has 0 unspecified atom stereocenters. The second-order valence-electron chi connectivity index (χ2n) is 25.5. The van der Waals surface area contributed by atoms with Crippen LogP contribution in [0.1, 0.15) is 69.5 Å². The van der Waals surface area contributed by atoms with E-state index < -0.39 is 9.49 Å². The molecular weight excluding hydrogens is 1290 g/mol. The van der Waals surface area contributed by atoms with E-state index in [0.29, 0.717) is 33.5 Å². The lowest BCUT2D eigenvalue weighted by molar-refractivity contribution is -0.118. The van der Waals surface area contributed by atoms with Gasteiger partial charge < -0.3 is 40.0 Å². The van der Waals surface area contributed by atoms with Crippen LogP contribution < -0.4 is 40.0 Å². The molecule has 2 N–H and O–H groups in total. The predicted molar refractivity (Wildman–Crippen MR) is 418 cm³/mol. The average Bonchev–Trinajstić information content (AvgIpc) is 0.732. The molecule has 2 aliphatic heterocycles. The highest BCUT2D eigenvalue weighted by atomic mass is 35.5. The van der Waals surface area contributed by atoms with Crippen molar-refractivity contribution in [1.82, 2.24) is 10.6 Å². The van der Waals surface area contributed by atoms with Crippen LogP contribution in [0, 0.1) is 0 Å². The predicted octanol–water partition coefficient (Wildman–Crippen LogP) is 17.8. The molecule has 2 amide bonds. The van der Waals surface area contributed by atoms with Gasteiger partial charge in [-0.2, -0.15) is 0 Å². The van der Waals surface area contributed by atoms with Gasteiger partial charge in [0, 0.05) is 152 Å². The lowest BCUT2D eigenvalue weighted by Crippen LogP contribution is -2.36. The van der Waals surface area contributed by atoms with E-state index in [1.807, 2.05) is 52.5 Å². The molecule has 0 saturated carbocycles. The van der Waals surface area contributed by atoms with Crippen LogP contribution in [0.2, 0.25) is 10.0 Å². The van der Waals surface area contributed by atoms with Crippen LogP contribution in [0.4, 0.5) is 45.5 Å². The summed E-state index contributed by atoms with van der Waals surface area (Å²) in [6.07, 6.45) is 1.87. The van der Waals surface area contributed by atoms with E-state index in [9.17, 15) is 9.59 Å². The third kappa shape index (κ3) is 16.4. The van der Waals surface area contributed by atoms with E-state index in [4.69, 9.17) is 33.2 Å². The molecule has 0 radical (unpaired) electrons. The summed E-state index contributed by atoms with van der Waals surface area (Å²) in [6.45, 7) is 6.11. The number of halogens is 2. The van der Waals surface area contributed by atoms with Crippen molar-refractivity contribution < 1.29 is 9.59 Å². The van der Waals surface area contributed by atoms with Gasteiger partial charge in [-0.05, 0) is 154 Å². The molecular formula is C82H84Cl2N10O2S2. The minimum atomic E-state index is -0.694. The van der Waals surface area contributed by atoms with Gasteiger partial charge >= 0.3 is 0 Å². The van der Waals surface area contributed by atoms with E-state index in [-0.39, 0.29) is 11.8 Å². The van der Waals surface area contributed by atoms with Gasteiger partial charge in [0.2, 0.25) is 11.8 Å². The monoisotopic (exact) mass is 1370 g/mol. The molecule has 0 bridgehead atoms. The topological polar surface area (TPSA) is 102 Å². The Morgan fingerprint density at radius 2 is 0.663 bits per heavy atom. The Bertz CT molecular complexity index is 4230. The number of benzene rings is 10. The Balaban J connectivity index is 0.000000198. The van der Waals surface area contributed by atoms with Crippen molar-refractivity contribution in [2.24, 2.45) is 9.98 Å². The zero-order valence-electron chi connectivity index (χ0n) is 57.3. The quantitative estimate of drug-likeness (QED) is 0.0767. The second kappa shape index (κ2) is 31.4. The number of rotatable bonds is 20. The number of carbonyl (C=O) groups is 2. The number of amides is 2. The van der Waals surface area contributed by atoms with Gasteiger partial charge in [0.05, 0.1) is 11.4 Å². The third-order valence-electron chi connectivity index (χ3n) is 17.7. The number of fused-ring (bicyclic) bond motifs is 2. The molecule has 0 spiro atoms. The summed E-state index contributed by atoms with van der Waals surface area (Å²) in [5, 5.41) is 8.64. The van der Waals surface area contributed by atoms with Crippen molar-refractivity contribution in [3.63, 3.8) is 0 Å². The molecule has 0 fully saturated rings. The minimum absolute atomic E-state index is 0.141. The number of thioether (sulfide) groups is 2. The van der Waals surface area contributed by atoms with Crippen LogP contribution >= 0.6 is 46.7 Å². The zero-order valence-corrected chi connectivity index (χ0v) is 60.4. The maximum absolute atomic E-state index is 12.5. The fourth-order valence-electron chi connectivity index (χ4n) is 12.5. The standard InChI is InChI=1S/C42H45N5OS.C40H39Cl2N5OS/c1-31(48)43-41-44-40-30-38(47(28-26-32-12-8-6-9-13-32)29-27-33-14-10-7-11-15-33)24-25-39(40)42(49-41,34-16-20-36(21-17-34)45(2)3)35-18-22-37(23-19-35)46(4)5;1-27(48)43-39-44-38-24-36(47(25-28-6-14-32(41)15-7-28)26-29-8-16-33(42)17-9-29)22-23-37(38)40(49-39,30-10-18-34(19-11-30)45(2)3)31-12-20-35(21-13-31)46(4)5/h6-25,30H,26-29H2,1-5H3,(H,43,44,48);6-24H,25-26H2,1-5H3,(H,43,44,48). The molecule has 500 valence electrons. The summed E-state index contributed by atoms with van der Waals surface area (Å²) < 4.78 is -1.34. The Hall–Kier alpha value is -9.44. The van der Waals surface area contributed by atoms with Gasteiger partial charge in [0.25, 0.3) is 0 Å². The molecule has 0 aromatic heterocycles. The Labute approximate surface area is 597 Å². The third-order valence-corrected chi connectivity index (χ3v) is 21.0. The van der Waals surface area contributed by atoms with Crippen molar-refractivity contribution in [3.8, 4) is 0 Å². The maximum atomic E-state index is 12.5. The van der Waals surface area contributed by atoms with Crippen molar-refractivity contribution in [1.29, 1.82) is 0 Å². The molecule has 2 aliphatic rings. The first-order chi connectivity index (χ1) is 47.2. The average molecular weight is 1380 g/mol. The van der Waals surface area contributed by atoms with Crippen molar-refractivity contribution in [3.05, 3.63) is 308 Å². The molecule has 12 rings (SSSR count). The first-order valence-corrected chi connectivity index (χ1v) is 35.2. The van der Waals surface area contributed by atoms with Crippen LogP contribution in [0.25, 0.3) is 0 Å². The second-order valence-corrected chi connectivity index (χ2v) is 28.8. The first-order valence-electron chi connectivity index (χ1n) is 32.8. The molecule has 98 heavy (non-hydrogen) atoms. The van der Waals surface area contributed by atoms with E-state index >= 15 is 0 Å². The fraction of sp³-hybridized carbons (Fsp3) is 0.220. The van der Waals surface area contributed by atoms with E-state index in [1.54, 1.807) is 30.4 Å². The number of nitrogens with zero attached hydrogens (tertiary/aromatic N) is 8. The highest BCUT2D eigenvalue weighted by Crippen LogP contribution is 2.57. The smallest absolute Gasteiger partial charge is 0.222 e. The highest BCUT2D eigenvalue weighted by Gasteiger charge is 2.45. The van der Waals surface area contributed by atoms with Crippen LogP contribution in [0.15, 0.2) is 253 Å². The number of amidine groups is 2. The van der Waals surface area contributed by atoms with E-state index in [1.165, 1.54) is 18.1 Å². The van der Waals surface area contributed by atoms with Crippen LogP contribution in [-0.4, -0.2) is 91.6 Å². The van der Waals surface area contributed by atoms with E-state index in [2.05, 4.69) is 287 Å². The fourth-order valence-corrected chi connectivity index (χ4v) is 15.6. The summed E-state index contributed by atoms with van der Waals surface area (Å²) in [4.78, 5) is 48.5. The Morgan fingerprint density at radius 3 is 0.959 bits per heavy atom. The molecule has 12 nitrogen and oxygen atoms in total. The first kappa shape index (κ1) is 69.9. The van der Waals surface area contributed by atoms with Gasteiger partial charge in [0.1, 0.15) is 9.49 Å². The van der Waals surface area contributed by atoms with Crippen LogP contribution in [0.3, 0.4) is 0 Å². The summed E-state index contributed by atoms with van der Waals surface area (Å²) >= 11 is 15.6. The molecule has 16 heteroatoms. The summed E-state index contributed by atoms with van der Waals surface area (Å²) in [5.41, 5.74) is 19.7. The molecule has 10 aromatic rings. The number of anilines is 6. The maximum Gasteiger partial charge on any atom is 0.222 e. The number of hydrogen-bond acceptors (Lipinski definition) is 12. The summed E-state index contributed by atoms with van der Waals surface area (Å²) in [5.74, 6) is -0.309. The summed E-state index contributed by atoms with van der Waals surface area (Å²) in [7, 11) is 16.4. The van der Waals surface area contributed by atoms with Gasteiger partial charge in [-0.1, -0.05) is 192 Å². The lowest BCUT2D eigenvalue weighted by atomic mass is 9.82. The largest absolute Gasteiger partial charge is 0.378 e. The Kier molecular flexibility index (Phi) is 22.4. The molecule has 2 heterocycles. The molecule has 0 aliphatic carbocycles. The molecule has 0 atom stereocenters. The van der Waals surface area contributed by atoms with Crippen molar-refractivity contribution in [2.45, 2.75) is 49.3 Å². The normalized spacial score (nSPS) is 13.2. The van der Waals surface area contributed by atoms with Crippen molar-refractivity contribution in [2.75, 3.05) is 98.9 Å². The van der Waals surface area contributed by atoms with Crippen LogP contribution in [0.5, 0.6) is 0 Å². The number of carbonyl (C=O) groups excluding carboxylic acids is 2. The number of nitrogens with one attached hydrogen (secondary N) is 2. The Morgan fingerprint density at radius 1 is 0.367 bits per heavy atom. The van der Waals surface area contributed by atoms with Crippen molar-refractivity contribution >= 4 is 114 Å². The minimum Gasteiger partial charge on any atom is -0.378 e. The SMILES string of the molecule is CC(=O)NC1=Nc2cc(N(CCc3ccccc3)CCc3ccccc3)ccc2C(c2ccc(N(C)C)cc2)(c2ccc(N(C)C)cc2)S1.CC(=O)NC1=Nc2cc(N(Cc3ccc(Cl)cc3)Cc3ccc(Cl)cc3)ccc2C(c2ccc(N(C)C)cc2)(c2ccc(N(C)C)cc2)S1. The molecule has 10 aromatic carbocycles. The van der Waals surface area contributed by atoms with Gasteiger partial charge in [0.15, 0.2) is 10.3 Å². The zero-order chi connectivity index (χ0) is 69.1.